The number of hydrogen-bond acceptors (Lipinski definition) is 3. The van der Waals surface area contributed by atoms with Crippen molar-refractivity contribution in [1.29, 1.82) is 0 Å². The Morgan fingerprint density at radius 2 is 2.42 bits per heavy atom. The van der Waals surface area contributed by atoms with Gasteiger partial charge in [0, 0.05) is 6.54 Å². The molecule has 0 amide bonds. The summed E-state index contributed by atoms with van der Waals surface area (Å²) in [6.45, 7) is 7.56. The number of aryl methyl sites for hydroxylation is 1. The zero-order chi connectivity index (χ0) is 8.55. The van der Waals surface area contributed by atoms with E-state index in [0.29, 0.717) is 0 Å². The summed E-state index contributed by atoms with van der Waals surface area (Å²) >= 11 is 0. The van der Waals surface area contributed by atoms with Crippen LogP contribution in [-0.4, -0.2) is 21.3 Å². The summed E-state index contributed by atoms with van der Waals surface area (Å²) in [5.74, 6) is 1.68. The lowest BCUT2D eigenvalue weighted by Crippen LogP contribution is -2.03. The van der Waals surface area contributed by atoms with Crippen molar-refractivity contribution < 1.29 is 0 Å². The molecule has 0 atom stereocenters. The molecule has 1 aromatic rings. The number of nitrogens with zero attached hydrogens (tertiary/aromatic N) is 3. The standard InChI is InChI=1S/C8H12N4/c1-6-3-4-9-8-10-7(2)11-12(8)5-6/h1,3-5H2,2H3,(H,9,10,11). The van der Waals surface area contributed by atoms with Gasteiger partial charge in [0.2, 0.25) is 5.95 Å². The lowest BCUT2D eigenvalue weighted by molar-refractivity contribution is 0.680. The Kier molecular flexibility index (Phi) is 1.60. The Morgan fingerprint density at radius 1 is 1.58 bits per heavy atom. The molecule has 0 spiro atoms. The molecule has 4 heteroatoms. The van der Waals surface area contributed by atoms with Gasteiger partial charge >= 0.3 is 0 Å². The predicted molar refractivity (Wildman–Crippen MR) is 47.0 cm³/mol. The summed E-state index contributed by atoms with van der Waals surface area (Å²) in [6, 6.07) is 0. The molecule has 2 heterocycles. The quantitative estimate of drug-likeness (QED) is 0.581. The smallest absolute Gasteiger partial charge is 0.221 e. The fourth-order valence-electron chi connectivity index (χ4n) is 1.34. The Bertz CT molecular complexity index is 313. The molecule has 12 heavy (non-hydrogen) atoms. The van der Waals surface area contributed by atoms with Gasteiger partial charge in [-0.2, -0.15) is 10.1 Å². The van der Waals surface area contributed by atoms with E-state index in [0.717, 1.165) is 31.3 Å². The van der Waals surface area contributed by atoms with E-state index in [1.807, 2.05) is 11.6 Å². The third kappa shape index (κ3) is 1.20. The molecular weight excluding hydrogens is 152 g/mol. The van der Waals surface area contributed by atoms with E-state index in [4.69, 9.17) is 0 Å². The minimum absolute atomic E-state index is 0.795. The molecule has 2 rings (SSSR count). The van der Waals surface area contributed by atoms with Crippen LogP contribution in [0, 0.1) is 6.92 Å². The van der Waals surface area contributed by atoms with Crippen molar-refractivity contribution in [2.24, 2.45) is 0 Å². The van der Waals surface area contributed by atoms with Crippen molar-refractivity contribution in [3.63, 3.8) is 0 Å². The fraction of sp³-hybridized carbons (Fsp3) is 0.500. The largest absolute Gasteiger partial charge is 0.354 e. The second kappa shape index (κ2) is 2.62. The SMILES string of the molecule is C=C1CCNc2nc(C)nn2C1. The van der Waals surface area contributed by atoms with Crippen LogP contribution >= 0.6 is 0 Å². The van der Waals surface area contributed by atoms with Crippen LogP contribution in [0.4, 0.5) is 5.95 Å². The topological polar surface area (TPSA) is 42.7 Å². The summed E-state index contributed by atoms with van der Waals surface area (Å²) in [7, 11) is 0. The number of rotatable bonds is 0. The number of hydrogen-bond donors (Lipinski definition) is 1. The van der Waals surface area contributed by atoms with E-state index in [1.54, 1.807) is 0 Å². The Hall–Kier alpha value is -1.32. The van der Waals surface area contributed by atoms with Gasteiger partial charge in [0.05, 0.1) is 6.54 Å². The monoisotopic (exact) mass is 164 g/mol. The number of fused-ring (bicyclic) bond motifs is 1. The van der Waals surface area contributed by atoms with Crippen molar-refractivity contribution in [3.05, 3.63) is 18.0 Å². The van der Waals surface area contributed by atoms with Crippen molar-refractivity contribution in [1.82, 2.24) is 14.8 Å². The van der Waals surface area contributed by atoms with Crippen LogP contribution in [0.25, 0.3) is 0 Å². The number of nitrogens with one attached hydrogen (secondary N) is 1. The number of anilines is 1. The Morgan fingerprint density at radius 3 is 3.25 bits per heavy atom. The van der Waals surface area contributed by atoms with Crippen LogP contribution < -0.4 is 5.32 Å². The fourth-order valence-corrected chi connectivity index (χ4v) is 1.34. The molecule has 1 N–H and O–H groups in total. The molecule has 0 saturated carbocycles. The maximum Gasteiger partial charge on any atom is 0.221 e. The molecule has 0 aromatic carbocycles. The van der Waals surface area contributed by atoms with Crippen LogP contribution in [0.15, 0.2) is 12.2 Å². The second-order valence-corrected chi connectivity index (χ2v) is 3.07. The maximum atomic E-state index is 4.25. The first-order valence-electron chi connectivity index (χ1n) is 4.07. The van der Waals surface area contributed by atoms with Crippen molar-refractivity contribution in [2.75, 3.05) is 11.9 Å². The van der Waals surface area contributed by atoms with Gasteiger partial charge in [-0.15, -0.1) is 0 Å². The highest BCUT2D eigenvalue weighted by atomic mass is 15.4. The molecule has 0 unspecified atom stereocenters. The average Bonchev–Trinajstić information content (AvgIpc) is 2.23. The molecule has 0 radical (unpaired) electrons. The van der Waals surface area contributed by atoms with Gasteiger partial charge in [-0.05, 0) is 13.3 Å². The predicted octanol–water partition coefficient (Wildman–Crippen LogP) is 0.958. The van der Waals surface area contributed by atoms with E-state index in [9.17, 15) is 0 Å². The molecule has 0 saturated heterocycles. The van der Waals surface area contributed by atoms with Crippen molar-refractivity contribution in [3.8, 4) is 0 Å². The van der Waals surface area contributed by atoms with Crippen LogP contribution in [0.5, 0.6) is 0 Å². The van der Waals surface area contributed by atoms with Gasteiger partial charge in [0.25, 0.3) is 0 Å². The van der Waals surface area contributed by atoms with Crippen molar-refractivity contribution in [2.45, 2.75) is 19.9 Å². The molecular formula is C8H12N4. The Labute approximate surface area is 71.3 Å². The van der Waals surface area contributed by atoms with E-state index >= 15 is 0 Å². The second-order valence-electron chi connectivity index (χ2n) is 3.07. The average molecular weight is 164 g/mol. The molecule has 1 aromatic heterocycles. The van der Waals surface area contributed by atoms with E-state index in [1.165, 1.54) is 5.57 Å². The summed E-state index contributed by atoms with van der Waals surface area (Å²) in [5, 5.41) is 7.45. The number of aromatic nitrogens is 3. The van der Waals surface area contributed by atoms with Crippen LogP contribution in [0.3, 0.4) is 0 Å². The normalized spacial score (nSPS) is 16.6. The van der Waals surface area contributed by atoms with E-state index in [-0.39, 0.29) is 0 Å². The minimum Gasteiger partial charge on any atom is -0.354 e. The van der Waals surface area contributed by atoms with Gasteiger partial charge in [-0.1, -0.05) is 12.2 Å². The highest BCUT2D eigenvalue weighted by molar-refractivity contribution is 5.28. The lowest BCUT2D eigenvalue weighted by Gasteiger charge is -1.99. The summed E-state index contributed by atoms with van der Waals surface area (Å²) < 4.78 is 1.87. The molecule has 64 valence electrons. The van der Waals surface area contributed by atoms with Gasteiger partial charge in [-0.25, -0.2) is 4.68 Å². The highest BCUT2D eigenvalue weighted by Gasteiger charge is 2.11. The van der Waals surface area contributed by atoms with Gasteiger partial charge in [-0.3, -0.25) is 0 Å². The third-order valence-corrected chi connectivity index (χ3v) is 1.91. The van der Waals surface area contributed by atoms with Gasteiger partial charge in [0.1, 0.15) is 5.82 Å². The van der Waals surface area contributed by atoms with Crippen LogP contribution in [-0.2, 0) is 6.54 Å². The van der Waals surface area contributed by atoms with E-state index < -0.39 is 0 Å². The van der Waals surface area contributed by atoms with Crippen molar-refractivity contribution >= 4 is 5.95 Å². The summed E-state index contributed by atoms with van der Waals surface area (Å²) in [4.78, 5) is 4.25. The minimum atomic E-state index is 0.795. The van der Waals surface area contributed by atoms with Gasteiger partial charge in [0.15, 0.2) is 0 Å². The van der Waals surface area contributed by atoms with Crippen LogP contribution in [0.1, 0.15) is 12.2 Å². The first-order chi connectivity index (χ1) is 5.75. The highest BCUT2D eigenvalue weighted by Crippen LogP contribution is 2.13. The third-order valence-electron chi connectivity index (χ3n) is 1.91. The first-order valence-corrected chi connectivity index (χ1v) is 4.07. The van der Waals surface area contributed by atoms with Gasteiger partial charge < -0.3 is 5.32 Å². The van der Waals surface area contributed by atoms with Crippen LogP contribution in [0.2, 0.25) is 0 Å². The lowest BCUT2D eigenvalue weighted by atomic mass is 10.2. The summed E-state index contributed by atoms with van der Waals surface area (Å²) in [6.07, 6.45) is 1.00. The molecule has 0 fully saturated rings. The molecule has 0 aliphatic carbocycles. The zero-order valence-corrected chi connectivity index (χ0v) is 7.17. The molecule has 1 aliphatic rings. The zero-order valence-electron chi connectivity index (χ0n) is 7.17. The molecule has 4 nitrogen and oxygen atoms in total. The summed E-state index contributed by atoms with van der Waals surface area (Å²) in [5.41, 5.74) is 1.20. The molecule has 1 aliphatic heterocycles. The molecule has 0 bridgehead atoms. The van der Waals surface area contributed by atoms with E-state index in [2.05, 4.69) is 22.0 Å². The maximum absolute atomic E-state index is 4.25. The Balaban J connectivity index is 2.36. The first kappa shape index (κ1) is 7.34.